The van der Waals surface area contributed by atoms with Gasteiger partial charge >= 0.3 is 0 Å². The predicted octanol–water partition coefficient (Wildman–Crippen LogP) is 1.80. The van der Waals surface area contributed by atoms with Gasteiger partial charge in [-0.05, 0) is 29.8 Å². The van der Waals surface area contributed by atoms with E-state index in [9.17, 15) is 4.79 Å². The van der Waals surface area contributed by atoms with Crippen LogP contribution in [0.15, 0.2) is 36.4 Å². The summed E-state index contributed by atoms with van der Waals surface area (Å²) in [5, 5.41) is 1.02. The van der Waals surface area contributed by atoms with Crippen molar-refractivity contribution in [1.29, 1.82) is 0 Å². The van der Waals surface area contributed by atoms with Crippen molar-refractivity contribution in [2.75, 3.05) is 46.5 Å². The fourth-order valence-electron chi connectivity index (χ4n) is 3.36. The van der Waals surface area contributed by atoms with Crippen LogP contribution in [0, 0.1) is 0 Å². The van der Waals surface area contributed by atoms with Crippen molar-refractivity contribution < 1.29 is 14.3 Å². The highest BCUT2D eigenvalue weighted by atomic mass is 16.5. The number of ether oxygens (including phenoxy) is 2. The number of carbonyl (C=O) groups is 1. The summed E-state index contributed by atoms with van der Waals surface area (Å²) in [6.07, 6.45) is 3.54. The zero-order valence-electron chi connectivity index (χ0n) is 14.9. The molecule has 0 saturated carbocycles. The summed E-state index contributed by atoms with van der Waals surface area (Å²) in [6, 6.07) is 10.3. The van der Waals surface area contributed by atoms with Crippen LogP contribution in [0.25, 0.3) is 17.0 Å². The van der Waals surface area contributed by atoms with E-state index >= 15 is 0 Å². The minimum Gasteiger partial charge on any atom is -0.481 e. The van der Waals surface area contributed by atoms with Crippen LogP contribution in [0.2, 0.25) is 0 Å². The number of fused-ring (bicyclic) bond motifs is 1. The van der Waals surface area contributed by atoms with Gasteiger partial charge in [0, 0.05) is 43.7 Å². The number of rotatable bonds is 4. The van der Waals surface area contributed by atoms with Crippen LogP contribution in [0.4, 0.5) is 0 Å². The summed E-state index contributed by atoms with van der Waals surface area (Å²) in [4.78, 5) is 21.2. The number of pyridine rings is 1. The maximum Gasteiger partial charge on any atom is 0.246 e. The summed E-state index contributed by atoms with van der Waals surface area (Å²) >= 11 is 0. The Morgan fingerprint density at radius 2 is 2.00 bits per heavy atom. The van der Waals surface area contributed by atoms with Crippen LogP contribution in [-0.4, -0.2) is 73.2 Å². The molecule has 2 aliphatic heterocycles. The van der Waals surface area contributed by atoms with Gasteiger partial charge in [0.2, 0.25) is 11.8 Å². The van der Waals surface area contributed by atoms with E-state index in [2.05, 4.69) is 9.88 Å². The summed E-state index contributed by atoms with van der Waals surface area (Å²) in [5.74, 6) is 0.672. The highest BCUT2D eigenvalue weighted by molar-refractivity contribution is 5.92. The number of methoxy groups -OCH3 is 1. The molecular weight excluding hydrogens is 330 g/mol. The molecule has 4 rings (SSSR count). The van der Waals surface area contributed by atoms with Crippen molar-refractivity contribution in [2.24, 2.45) is 0 Å². The molecule has 0 radical (unpaired) electrons. The van der Waals surface area contributed by atoms with Crippen molar-refractivity contribution in [3.63, 3.8) is 0 Å². The molecule has 0 N–H and O–H groups in total. The Hall–Kier alpha value is -2.44. The van der Waals surface area contributed by atoms with Crippen molar-refractivity contribution in [1.82, 2.24) is 14.8 Å². The van der Waals surface area contributed by atoms with Crippen LogP contribution >= 0.6 is 0 Å². The molecule has 6 nitrogen and oxygen atoms in total. The van der Waals surface area contributed by atoms with E-state index in [-0.39, 0.29) is 5.91 Å². The third kappa shape index (κ3) is 3.57. The zero-order valence-corrected chi connectivity index (χ0v) is 14.9. The highest BCUT2D eigenvalue weighted by Crippen LogP contribution is 2.19. The Labute approximate surface area is 153 Å². The second-order valence-corrected chi connectivity index (χ2v) is 6.69. The van der Waals surface area contributed by atoms with Gasteiger partial charge in [-0.3, -0.25) is 9.69 Å². The van der Waals surface area contributed by atoms with Gasteiger partial charge in [0.1, 0.15) is 0 Å². The highest BCUT2D eigenvalue weighted by Gasteiger charge is 2.29. The molecule has 136 valence electrons. The quantitative estimate of drug-likeness (QED) is 0.785. The molecular formula is C20H23N3O3. The van der Waals surface area contributed by atoms with E-state index < -0.39 is 0 Å². The number of hydrogen-bond acceptors (Lipinski definition) is 5. The summed E-state index contributed by atoms with van der Waals surface area (Å²) < 4.78 is 10.4. The molecule has 0 unspecified atom stereocenters. The minimum absolute atomic E-state index is 0.0717. The van der Waals surface area contributed by atoms with Gasteiger partial charge in [0.15, 0.2) is 0 Å². The van der Waals surface area contributed by atoms with Crippen LogP contribution in [0.3, 0.4) is 0 Å². The fraction of sp³-hybridized carbons (Fsp3) is 0.400. The van der Waals surface area contributed by atoms with Crippen LogP contribution < -0.4 is 4.74 Å². The normalized spacial score (nSPS) is 19.0. The third-order valence-corrected chi connectivity index (χ3v) is 5.08. The maximum atomic E-state index is 12.4. The summed E-state index contributed by atoms with van der Waals surface area (Å²) in [6.45, 7) is 5.07. The largest absolute Gasteiger partial charge is 0.481 e. The minimum atomic E-state index is 0.0717. The first kappa shape index (κ1) is 17.0. The Balaban J connectivity index is 1.38. The molecule has 0 atom stereocenters. The van der Waals surface area contributed by atoms with Gasteiger partial charge in [0.05, 0.1) is 31.9 Å². The fourth-order valence-corrected chi connectivity index (χ4v) is 3.36. The summed E-state index contributed by atoms with van der Waals surface area (Å²) in [5.41, 5.74) is 1.87. The average Bonchev–Trinajstić information content (AvgIpc) is 2.64. The molecule has 0 bridgehead atoms. The maximum absolute atomic E-state index is 12.4. The first-order valence-electron chi connectivity index (χ1n) is 8.96. The monoisotopic (exact) mass is 353 g/mol. The molecule has 0 aliphatic carbocycles. The topological polar surface area (TPSA) is 54.9 Å². The van der Waals surface area contributed by atoms with E-state index in [4.69, 9.17) is 9.47 Å². The molecule has 6 heteroatoms. The Kier molecular flexibility index (Phi) is 4.86. The molecule has 0 spiro atoms. The molecule has 3 heterocycles. The van der Waals surface area contributed by atoms with Crippen LogP contribution in [-0.2, 0) is 9.53 Å². The lowest BCUT2D eigenvalue weighted by Gasteiger charge is -2.42. The SMILES string of the molecule is COc1ccc2cc(/C=C/C(=O)N3CCN(C4COC4)CC3)ccc2n1. The van der Waals surface area contributed by atoms with Crippen LogP contribution in [0.1, 0.15) is 5.56 Å². The Morgan fingerprint density at radius 1 is 1.19 bits per heavy atom. The number of benzene rings is 1. The van der Waals surface area contributed by atoms with Gasteiger partial charge in [-0.2, -0.15) is 0 Å². The standard InChI is InChI=1S/C20H23N3O3/c1-25-19-6-4-16-12-15(2-5-18(16)21-19)3-7-20(24)23-10-8-22(9-11-23)17-13-26-14-17/h2-7,12,17H,8-11,13-14H2,1H3/b7-3+. The first-order chi connectivity index (χ1) is 12.7. The Bertz CT molecular complexity index is 824. The van der Waals surface area contributed by atoms with Gasteiger partial charge in [0.25, 0.3) is 0 Å². The molecule has 2 aromatic rings. The number of nitrogens with zero attached hydrogens (tertiary/aromatic N) is 3. The van der Waals surface area contributed by atoms with Crippen molar-refractivity contribution in [3.8, 4) is 5.88 Å². The van der Waals surface area contributed by atoms with Crippen molar-refractivity contribution in [3.05, 3.63) is 42.0 Å². The van der Waals surface area contributed by atoms with Gasteiger partial charge < -0.3 is 14.4 Å². The van der Waals surface area contributed by atoms with Crippen LogP contribution in [0.5, 0.6) is 5.88 Å². The number of carbonyl (C=O) groups excluding carboxylic acids is 1. The lowest BCUT2D eigenvalue weighted by Crippen LogP contribution is -2.57. The zero-order chi connectivity index (χ0) is 17.9. The average molecular weight is 353 g/mol. The smallest absolute Gasteiger partial charge is 0.246 e. The number of piperazine rings is 1. The molecule has 2 fully saturated rings. The van der Waals surface area contributed by atoms with E-state index in [1.54, 1.807) is 13.2 Å². The number of aromatic nitrogens is 1. The second kappa shape index (κ2) is 7.43. The van der Waals surface area contributed by atoms with Gasteiger partial charge in [-0.25, -0.2) is 4.98 Å². The lowest BCUT2D eigenvalue weighted by atomic mass is 10.1. The van der Waals surface area contributed by atoms with Gasteiger partial charge in [-0.1, -0.05) is 6.07 Å². The van der Waals surface area contributed by atoms with Crippen molar-refractivity contribution in [2.45, 2.75) is 6.04 Å². The third-order valence-electron chi connectivity index (χ3n) is 5.08. The Morgan fingerprint density at radius 3 is 2.69 bits per heavy atom. The molecule has 26 heavy (non-hydrogen) atoms. The van der Waals surface area contributed by atoms with E-state index in [0.29, 0.717) is 11.9 Å². The lowest BCUT2D eigenvalue weighted by molar-refractivity contribution is -0.130. The number of amides is 1. The molecule has 1 aromatic heterocycles. The van der Waals surface area contributed by atoms with E-state index in [1.807, 2.05) is 41.3 Å². The number of hydrogen-bond donors (Lipinski definition) is 0. The van der Waals surface area contributed by atoms with Gasteiger partial charge in [-0.15, -0.1) is 0 Å². The first-order valence-corrected chi connectivity index (χ1v) is 8.96. The second-order valence-electron chi connectivity index (χ2n) is 6.69. The molecule has 1 amide bonds. The molecule has 2 aliphatic rings. The molecule has 1 aromatic carbocycles. The molecule has 2 saturated heterocycles. The van der Waals surface area contributed by atoms with E-state index in [1.165, 1.54) is 0 Å². The van der Waals surface area contributed by atoms with Crippen molar-refractivity contribution >= 4 is 22.9 Å². The predicted molar refractivity (Wildman–Crippen MR) is 100 cm³/mol. The summed E-state index contributed by atoms with van der Waals surface area (Å²) in [7, 11) is 1.61. The van der Waals surface area contributed by atoms with E-state index in [0.717, 1.165) is 55.9 Å².